The number of hydrogen-bond acceptors (Lipinski definition) is 2. The molecule has 2 aromatic carbocycles. The van der Waals surface area contributed by atoms with Crippen LogP contribution in [0.25, 0.3) is 0 Å². The topological polar surface area (TPSA) is 43.1 Å². The number of nitrogens with two attached hydrogens (primary N) is 1. The van der Waals surface area contributed by atoms with Crippen molar-refractivity contribution in [3.05, 3.63) is 64.2 Å². The molecular formula is C14H12ClNO. The van der Waals surface area contributed by atoms with Crippen LogP contribution in [-0.2, 0) is 0 Å². The number of nitrogen functional groups attached to an aromatic ring is 1. The van der Waals surface area contributed by atoms with Gasteiger partial charge in [0.25, 0.3) is 0 Å². The fraction of sp³-hybridized carbons (Fsp3) is 0.0714. The molecule has 0 bridgehead atoms. The van der Waals surface area contributed by atoms with Crippen molar-refractivity contribution in [2.75, 3.05) is 5.73 Å². The van der Waals surface area contributed by atoms with Gasteiger partial charge in [-0.25, -0.2) is 0 Å². The van der Waals surface area contributed by atoms with Gasteiger partial charge >= 0.3 is 0 Å². The lowest BCUT2D eigenvalue weighted by molar-refractivity contribution is 0.103. The van der Waals surface area contributed by atoms with Crippen molar-refractivity contribution in [3.63, 3.8) is 0 Å². The number of carbonyl (C=O) groups is 1. The third kappa shape index (κ3) is 2.32. The summed E-state index contributed by atoms with van der Waals surface area (Å²) in [4.78, 5) is 12.2. The molecule has 0 aliphatic heterocycles. The fourth-order valence-corrected chi connectivity index (χ4v) is 1.81. The van der Waals surface area contributed by atoms with E-state index in [-0.39, 0.29) is 5.78 Å². The van der Waals surface area contributed by atoms with E-state index >= 15 is 0 Å². The zero-order valence-electron chi connectivity index (χ0n) is 9.41. The van der Waals surface area contributed by atoms with Crippen LogP contribution in [-0.4, -0.2) is 5.78 Å². The maximum absolute atomic E-state index is 12.2. The molecule has 2 N–H and O–H groups in total. The number of carbonyl (C=O) groups excluding carboxylic acids is 1. The lowest BCUT2D eigenvalue weighted by Crippen LogP contribution is -2.05. The van der Waals surface area contributed by atoms with Gasteiger partial charge in [0.05, 0.1) is 0 Å². The Balaban J connectivity index is 2.48. The van der Waals surface area contributed by atoms with Crippen LogP contribution in [0.1, 0.15) is 21.5 Å². The van der Waals surface area contributed by atoms with Gasteiger partial charge in [-0.05, 0) is 24.6 Å². The maximum atomic E-state index is 12.2. The molecule has 0 unspecified atom stereocenters. The van der Waals surface area contributed by atoms with Crippen LogP contribution < -0.4 is 5.73 Å². The Labute approximate surface area is 105 Å². The zero-order chi connectivity index (χ0) is 12.4. The summed E-state index contributed by atoms with van der Waals surface area (Å²) in [6, 6.07) is 12.4. The number of rotatable bonds is 2. The molecule has 2 aromatic rings. The zero-order valence-corrected chi connectivity index (χ0v) is 10.2. The monoisotopic (exact) mass is 245 g/mol. The molecule has 86 valence electrons. The van der Waals surface area contributed by atoms with Crippen LogP contribution >= 0.6 is 11.6 Å². The number of aryl methyl sites for hydroxylation is 1. The molecule has 0 aromatic heterocycles. The summed E-state index contributed by atoms with van der Waals surface area (Å²) >= 11 is 6.01. The van der Waals surface area contributed by atoms with Crippen LogP contribution in [0.5, 0.6) is 0 Å². The van der Waals surface area contributed by atoms with Gasteiger partial charge in [-0.2, -0.15) is 0 Å². The molecule has 0 radical (unpaired) electrons. The van der Waals surface area contributed by atoms with E-state index in [1.807, 2.05) is 25.1 Å². The first-order valence-electron chi connectivity index (χ1n) is 5.25. The number of ketones is 1. The van der Waals surface area contributed by atoms with E-state index in [0.717, 1.165) is 5.56 Å². The van der Waals surface area contributed by atoms with Crippen LogP contribution in [0, 0.1) is 6.92 Å². The minimum absolute atomic E-state index is 0.106. The molecule has 17 heavy (non-hydrogen) atoms. The lowest BCUT2D eigenvalue weighted by Gasteiger charge is -2.07. The van der Waals surface area contributed by atoms with Crippen molar-refractivity contribution in [1.82, 2.24) is 0 Å². The fourth-order valence-electron chi connectivity index (χ4n) is 1.65. The molecule has 0 aliphatic carbocycles. The molecule has 0 saturated heterocycles. The van der Waals surface area contributed by atoms with E-state index in [1.54, 1.807) is 24.3 Å². The van der Waals surface area contributed by atoms with E-state index in [1.165, 1.54) is 0 Å². The Morgan fingerprint density at radius 3 is 2.47 bits per heavy atom. The number of halogens is 1. The highest BCUT2D eigenvalue weighted by atomic mass is 35.5. The summed E-state index contributed by atoms with van der Waals surface area (Å²) < 4.78 is 0. The third-order valence-corrected chi connectivity index (χ3v) is 3.02. The molecular weight excluding hydrogens is 234 g/mol. The van der Waals surface area contributed by atoms with Gasteiger partial charge in [0.15, 0.2) is 5.78 Å². The highest BCUT2D eigenvalue weighted by Gasteiger charge is 2.13. The Morgan fingerprint density at radius 2 is 1.82 bits per heavy atom. The highest BCUT2D eigenvalue weighted by Crippen LogP contribution is 2.24. The Morgan fingerprint density at radius 1 is 1.18 bits per heavy atom. The minimum Gasteiger partial charge on any atom is -0.398 e. The van der Waals surface area contributed by atoms with Crippen LogP contribution in [0.4, 0.5) is 5.69 Å². The van der Waals surface area contributed by atoms with Crippen molar-refractivity contribution in [3.8, 4) is 0 Å². The Bertz CT molecular complexity index is 564. The number of hydrogen-bond donors (Lipinski definition) is 1. The number of anilines is 1. The average Bonchev–Trinajstić information content (AvgIpc) is 2.34. The van der Waals surface area contributed by atoms with E-state index in [0.29, 0.717) is 21.8 Å². The van der Waals surface area contributed by atoms with Gasteiger partial charge in [0.1, 0.15) is 0 Å². The van der Waals surface area contributed by atoms with E-state index in [9.17, 15) is 4.79 Å². The van der Waals surface area contributed by atoms with Crippen molar-refractivity contribution < 1.29 is 4.79 Å². The molecule has 0 saturated carbocycles. The molecule has 0 amide bonds. The largest absolute Gasteiger partial charge is 0.398 e. The van der Waals surface area contributed by atoms with Crippen molar-refractivity contribution in [2.45, 2.75) is 6.92 Å². The summed E-state index contributed by atoms with van der Waals surface area (Å²) in [5.74, 6) is -0.106. The second kappa shape index (κ2) is 4.60. The first kappa shape index (κ1) is 11.7. The quantitative estimate of drug-likeness (QED) is 0.650. The van der Waals surface area contributed by atoms with Gasteiger partial charge in [0, 0.05) is 21.8 Å². The lowest BCUT2D eigenvalue weighted by atomic mass is 10.0. The Kier molecular flexibility index (Phi) is 3.16. The first-order chi connectivity index (χ1) is 8.09. The van der Waals surface area contributed by atoms with Crippen LogP contribution in [0.3, 0.4) is 0 Å². The Hall–Kier alpha value is -1.80. The molecule has 0 aliphatic rings. The van der Waals surface area contributed by atoms with Gasteiger partial charge in [-0.3, -0.25) is 4.79 Å². The molecule has 3 heteroatoms. The SMILES string of the molecule is Cc1cc(N)c(C(=O)c2ccccc2)cc1Cl. The van der Waals surface area contributed by atoms with Gasteiger partial charge < -0.3 is 5.73 Å². The molecule has 0 spiro atoms. The summed E-state index contributed by atoms with van der Waals surface area (Å²) in [6.07, 6.45) is 0. The van der Waals surface area contributed by atoms with E-state index in [2.05, 4.69) is 0 Å². The van der Waals surface area contributed by atoms with E-state index < -0.39 is 0 Å². The molecule has 2 rings (SSSR count). The summed E-state index contributed by atoms with van der Waals surface area (Å²) in [7, 11) is 0. The van der Waals surface area contributed by atoms with Crippen LogP contribution in [0.2, 0.25) is 5.02 Å². The molecule has 0 atom stereocenters. The third-order valence-electron chi connectivity index (χ3n) is 2.61. The van der Waals surface area contributed by atoms with E-state index in [4.69, 9.17) is 17.3 Å². The summed E-state index contributed by atoms with van der Waals surface area (Å²) in [5.41, 5.74) is 8.24. The standard InChI is InChI=1S/C14H12ClNO/c1-9-7-13(16)11(8-12(9)15)14(17)10-5-3-2-4-6-10/h2-8H,16H2,1H3. The predicted molar refractivity (Wildman–Crippen MR) is 70.5 cm³/mol. The summed E-state index contributed by atoms with van der Waals surface area (Å²) in [6.45, 7) is 1.86. The van der Waals surface area contributed by atoms with Gasteiger partial charge in [-0.1, -0.05) is 41.9 Å². The first-order valence-corrected chi connectivity index (χ1v) is 5.63. The van der Waals surface area contributed by atoms with Crippen molar-refractivity contribution >= 4 is 23.1 Å². The highest BCUT2D eigenvalue weighted by molar-refractivity contribution is 6.32. The van der Waals surface area contributed by atoms with Crippen molar-refractivity contribution in [2.24, 2.45) is 0 Å². The average molecular weight is 246 g/mol. The summed E-state index contributed by atoms with van der Waals surface area (Å²) in [5, 5.41) is 0.554. The van der Waals surface area contributed by atoms with Crippen molar-refractivity contribution in [1.29, 1.82) is 0 Å². The molecule has 0 heterocycles. The normalized spacial score (nSPS) is 10.2. The smallest absolute Gasteiger partial charge is 0.195 e. The molecule has 0 fully saturated rings. The second-order valence-corrected chi connectivity index (χ2v) is 4.29. The van der Waals surface area contributed by atoms with Crippen LogP contribution in [0.15, 0.2) is 42.5 Å². The predicted octanol–water partition coefficient (Wildman–Crippen LogP) is 3.46. The van der Waals surface area contributed by atoms with Gasteiger partial charge in [0.2, 0.25) is 0 Å². The second-order valence-electron chi connectivity index (χ2n) is 3.88. The maximum Gasteiger partial charge on any atom is 0.195 e. The molecule has 2 nitrogen and oxygen atoms in total. The number of benzene rings is 2. The van der Waals surface area contributed by atoms with Gasteiger partial charge in [-0.15, -0.1) is 0 Å². The minimum atomic E-state index is -0.106.